The van der Waals surface area contributed by atoms with Crippen LogP contribution in [0.1, 0.15) is 38.2 Å². The number of hydrogen-bond acceptors (Lipinski definition) is 8. The van der Waals surface area contributed by atoms with Crippen LogP contribution in [0.2, 0.25) is 0 Å². The Morgan fingerprint density at radius 1 is 1.23 bits per heavy atom. The molecule has 1 amide bonds. The number of aromatic nitrogens is 1. The zero-order valence-electron chi connectivity index (χ0n) is 17.8. The van der Waals surface area contributed by atoms with Crippen LogP contribution < -0.4 is 10.1 Å². The number of methoxy groups -OCH3 is 1. The smallest absolute Gasteiger partial charge is 0.432 e. The zero-order valence-corrected chi connectivity index (χ0v) is 18.7. The van der Waals surface area contributed by atoms with E-state index in [0.717, 1.165) is 49.4 Å². The monoisotopic (exact) mass is 434 g/mol. The molecular weight excluding hydrogens is 404 g/mol. The van der Waals surface area contributed by atoms with E-state index in [1.165, 1.54) is 16.9 Å². The first-order valence-electron chi connectivity index (χ1n) is 10.6. The van der Waals surface area contributed by atoms with Crippen molar-refractivity contribution in [1.29, 1.82) is 0 Å². The van der Waals surface area contributed by atoms with Crippen molar-refractivity contribution < 1.29 is 19.1 Å². The number of thiazole rings is 1. The summed E-state index contributed by atoms with van der Waals surface area (Å²) in [4.78, 5) is 24.9. The second-order valence-electron chi connectivity index (χ2n) is 8.00. The van der Waals surface area contributed by atoms with Crippen LogP contribution in [-0.2, 0) is 9.57 Å². The van der Waals surface area contributed by atoms with Crippen LogP contribution >= 0.6 is 11.3 Å². The van der Waals surface area contributed by atoms with Crippen LogP contribution in [0.5, 0.6) is 5.75 Å². The van der Waals surface area contributed by atoms with Crippen molar-refractivity contribution in [3.8, 4) is 5.75 Å². The molecule has 8 nitrogen and oxygen atoms in total. The number of amides is 1. The first-order chi connectivity index (χ1) is 14.5. The Morgan fingerprint density at radius 3 is 2.63 bits per heavy atom. The van der Waals surface area contributed by atoms with Gasteiger partial charge >= 0.3 is 6.09 Å². The molecule has 4 rings (SSSR count). The summed E-state index contributed by atoms with van der Waals surface area (Å²) in [6.45, 7) is 9.09. The number of fused-ring (bicyclic) bond motifs is 1. The van der Waals surface area contributed by atoms with E-state index in [1.807, 2.05) is 6.07 Å². The summed E-state index contributed by atoms with van der Waals surface area (Å²) >= 11 is 1.47. The molecule has 0 saturated carbocycles. The second-order valence-corrected chi connectivity index (χ2v) is 9.00. The summed E-state index contributed by atoms with van der Waals surface area (Å²) in [5.74, 6) is 1.15. The molecule has 0 radical (unpaired) electrons. The number of carbonyl (C=O) groups excluding carboxylic acids is 1. The fourth-order valence-electron chi connectivity index (χ4n) is 4.09. The molecule has 0 unspecified atom stereocenters. The molecular formula is C21H30N4O4S. The van der Waals surface area contributed by atoms with Gasteiger partial charge in [-0.1, -0.05) is 17.4 Å². The third-order valence-electron chi connectivity index (χ3n) is 5.84. The van der Waals surface area contributed by atoms with Crippen LogP contribution in [0.4, 0.5) is 9.93 Å². The highest BCUT2D eigenvalue weighted by atomic mass is 32.1. The number of nitrogens with zero attached hydrogens (tertiary/aromatic N) is 3. The summed E-state index contributed by atoms with van der Waals surface area (Å²) in [5, 5.41) is 5.04. The number of hydroxylamine groups is 2. The lowest BCUT2D eigenvalue weighted by Gasteiger charge is -2.35. The minimum absolute atomic E-state index is 0.435. The average molecular weight is 435 g/mol. The molecule has 2 aliphatic heterocycles. The van der Waals surface area contributed by atoms with Crippen molar-refractivity contribution in [2.45, 2.75) is 38.6 Å². The molecule has 2 aliphatic rings. The van der Waals surface area contributed by atoms with E-state index in [-0.39, 0.29) is 0 Å². The minimum atomic E-state index is -0.501. The summed E-state index contributed by atoms with van der Waals surface area (Å²) in [6, 6.07) is 4.58. The van der Waals surface area contributed by atoms with E-state index in [4.69, 9.17) is 14.3 Å². The molecule has 2 saturated heterocycles. The van der Waals surface area contributed by atoms with Gasteiger partial charge in [0.25, 0.3) is 0 Å². The highest BCUT2D eigenvalue weighted by Crippen LogP contribution is 2.40. The van der Waals surface area contributed by atoms with Gasteiger partial charge in [0.2, 0.25) is 0 Å². The third-order valence-corrected chi connectivity index (χ3v) is 6.86. The Labute approximate surface area is 181 Å². The Bertz CT molecular complexity index is 873. The van der Waals surface area contributed by atoms with E-state index in [2.05, 4.69) is 35.1 Å². The standard InChI is InChI=1S/C21H30N4O4S/c1-14(2)24-8-10-25(11-9-24)29-21(26)23-20-22-18-17(27-3)5-4-16(19(18)30-20)15-6-12-28-13-7-15/h4-5,14-15H,6-13H2,1-3H3,(H,22,23,26). The molecule has 0 spiro atoms. The highest BCUT2D eigenvalue weighted by Gasteiger charge is 2.24. The molecule has 0 bridgehead atoms. The van der Waals surface area contributed by atoms with Crippen LogP contribution in [-0.4, -0.2) is 73.6 Å². The van der Waals surface area contributed by atoms with Crippen molar-refractivity contribution >= 4 is 32.8 Å². The number of nitrogens with one attached hydrogen (secondary N) is 1. The number of carbonyl (C=O) groups is 1. The molecule has 30 heavy (non-hydrogen) atoms. The first-order valence-corrected chi connectivity index (χ1v) is 11.4. The van der Waals surface area contributed by atoms with Gasteiger partial charge in [-0.25, -0.2) is 9.78 Å². The maximum Gasteiger partial charge on any atom is 0.432 e. The quantitative estimate of drug-likeness (QED) is 0.769. The lowest BCUT2D eigenvalue weighted by atomic mass is 9.91. The summed E-state index contributed by atoms with van der Waals surface area (Å²) in [7, 11) is 1.64. The van der Waals surface area contributed by atoms with Crippen molar-refractivity contribution in [1.82, 2.24) is 14.9 Å². The first kappa shape index (κ1) is 21.3. The normalized spacial score (nSPS) is 19.3. The molecule has 1 aromatic heterocycles. The van der Waals surface area contributed by atoms with Crippen molar-refractivity contribution in [3.63, 3.8) is 0 Å². The highest BCUT2D eigenvalue weighted by molar-refractivity contribution is 7.22. The van der Waals surface area contributed by atoms with Crippen molar-refractivity contribution in [2.24, 2.45) is 0 Å². The summed E-state index contributed by atoms with van der Waals surface area (Å²) in [5.41, 5.74) is 2.03. The van der Waals surface area contributed by atoms with Crippen LogP contribution in [0.25, 0.3) is 10.2 Å². The third kappa shape index (κ3) is 4.69. The fraction of sp³-hybridized carbons (Fsp3) is 0.619. The Morgan fingerprint density at radius 2 is 1.97 bits per heavy atom. The van der Waals surface area contributed by atoms with Crippen molar-refractivity contribution in [2.75, 3.05) is 51.8 Å². The predicted molar refractivity (Wildman–Crippen MR) is 117 cm³/mol. The lowest BCUT2D eigenvalue weighted by Crippen LogP contribution is -2.49. The topological polar surface area (TPSA) is 76.2 Å². The number of ether oxygens (including phenoxy) is 2. The molecule has 1 aromatic carbocycles. The van der Waals surface area contributed by atoms with E-state index < -0.39 is 6.09 Å². The SMILES string of the molecule is COc1ccc(C2CCOCC2)c2sc(NC(=O)ON3CCN(C(C)C)CC3)nc12. The Hall–Kier alpha value is -1.94. The number of piperazine rings is 1. The van der Waals surface area contributed by atoms with Crippen molar-refractivity contribution in [3.05, 3.63) is 17.7 Å². The van der Waals surface area contributed by atoms with Crippen LogP contribution in [0, 0.1) is 0 Å². The molecule has 0 aliphatic carbocycles. The molecule has 9 heteroatoms. The van der Waals surface area contributed by atoms with E-state index in [1.54, 1.807) is 12.2 Å². The van der Waals surface area contributed by atoms with Crippen LogP contribution in [0.15, 0.2) is 12.1 Å². The number of hydrogen-bond donors (Lipinski definition) is 1. The van der Waals surface area contributed by atoms with Gasteiger partial charge in [0.1, 0.15) is 11.3 Å². The summed E-state index contributed by atoms with van der Waals surface area (Å²) < 4.78 is 12.1. The van der Waals surface area contributed by atoms with Gasteiger partial charge in [0.15, 0.2) is 5.13 Å². The van der Waals surface area contributed by atoms with Gasteiger partial charge in [0.05, 0.1) is 11.8 Å². The Balaban J connectivity index is 1.46. The van der Waals surface area contributed by atoms with Gasteiger partial charge in [-0.2, -0.15) is 0 Å². The zero-order chi connectivity index (χ0) is 21.1. The number of benzene rings is 1. The molecule has 0 atom stereocenters. The maximum absolute atomic E-state index is 12.4. The van der Waals surface area contributed by atoms with E-state index in [9.17, 15) is 4.79 Å². The van der Waals surface area contributed by atoms with Gasteiger partial charge in [-0.3, -0.25) is 10.2 Å². The largest absolute Gasteiger partial charge is 0.494 e. The predicted octanol–water partition coefficient (Wildman–Crippen LogP) is 3.69. The molecule has 3 heterocycles. The molecule has 1 N–H and O–H groups in total. The molecule has 2 fully saturated rings. The average Bonchev–Trinajstić information content (AvgIpc) is 3.17. The summed E-state index contributed by atoms with van der Waals surface area (Å²) in [6.07, 6.45) is 1.48. The van der Waals surface area contributed by atoms with Gasteiger partial charge in [0, 0.05) is 45.4 Å². The maximum atomic E-state index is 12.4. The van der Waals surface area contributed by atoms with Gasteiger partial charge in [-0.05, 0) is 44.2 Å². The number of rotatable bonds is 5. The molecule has 2 aromatic rings. The lowest BCUT2D eigenvalue weighted by molar-refractivity contribution is -0.121. The van der Waals surface area contributed by atoms with Gasteiger partial charge < -0.3 is 14.3 Å². The minimum Gasteiger partial charge on any atom is -0.494 e. The second kappa shape index (κ2) is 9.47. The van der Waals surface area contributed by atoms with Gasteiger partial charge in [-0.15, -0.1) is 5.06 Å². The van der Waals surface area contributed by atoms with Crippen LogP contribution in [0.3, 0.4) is 0 Å². The fourth-order valence-corrected chi connectivity index (χ4v) is 5.15. The number of anilines is 1. The van der Waals surface area contributed by atoms with E-state index in [0.29, 0.717) is 35.9 Å². The van der Waals surface area contributed by atoms with E-state index >= 15 is 0 Å². The Kier molecular flexibility index (Phi) is 6.72. The molecule has 164 valence electrons.